The van der Waals surface area contributed by atoms with E-state index in [0.717, 1.165) is 5.25 Å². The van der Waals surface area contributed by atoms with Gasteiger partial charge >= 0.3 is 0 Å². The highest BCUT2D eigenvalue weighted by Gasteiger charge is 2.19. The van der Waals surface area contributed by atoms with Crippen LogP contribution < -0.4 is 0 Å². The van der Waals surface area contributed by atoms with Gasteiger partial charge in [-0.3, -0.25) is 0 Å². The highest BCUT2D eigenvalue weighted by Crippen LogP contribution is 2.35. The van der Waals surface area contributed by atoms with Gasteiger partial charge in [-0.25, -0.2) is 0 Å². The number of rotatable bonds is 0. The van der Waals surface area contributed by atoms with Crippen molar-refractivity contribution < 1.29 is 0 Å². The SMILES string of the molecule is CC1=CSC2C=CC=CC1C2. The zero-order valence-corrected chi connectivity index (χ0v) is 7.47. The highest BCUT2D eigenvalue weighted by molar-refractivity contribution is 8.02. The van der Waals surface area contributed by atoms with Crippen LogP contribution in [0.4, 0.5) is 0 Å². The predicted molar refractivity (Wildman–Crippen MR) is 51.5 cm³/mol. The highest BCUT2D eigenvalue weighted by atomic mass is 32.2. The van der Waals surface area contributed by atoms with Crippen LogP contribution in [0.25, 0.3) is 0 Å². The summed E-state index contributed by atoms with van der Waals surface area (Å²) in [7, 11) is 0. The largest absolute Gasteiger partial charge is 0.127 e. The molecule has 0 aromatic heterocycles. The minimum absolute atomic E-state index is 0.705. The number of hydrogen-bond donors (Lipinski definition) is 0. The number of allylic oxidation sites excluding steroid dienone is 4. The molecular formula is C10H12S. The Morgan fingerprint density at radius 1 is 1.36 bits per heavy atom. The van der Waals surface area contributed by atoms with Gasteiger partial charge in [0.1, 0.15) is 0 Å². The molecule has 0 nitrogen and oxygen atoms in total. The summed E-state index contributed by atoms with van der Waals surface area (Å²) in [6, 6.07) is 0. The molecule has 58 valence electrons. The summed E-state index contributed by atoms with van der Waals surface area (Å²) in [4.78, 5) is 0. The summed E-state index contributed by atoms with van der Waals surface area (Å²) >= 11 is 1.95. The first kappa shape index (κ1) is 7.23. The Balaban J connectivity index is 2.28. The van der Waals surface area contributed by atoms with Crippen LogP contribution >= 0.6 is 11.8 Å². The fraction of sp³-hybridized carbons (Fsp3) is 0.400. The van der Waals surface area contributed by atoms with Crippen LogP contribution in [0.15, 0.2) is 35.3 Å². The van der Waals surface area contributed by atoms with Crippen molar-refractivity contribution >= 4 is 11.8 Å². The van der Waals surface area contributed by atoms with E-state index in [9.17, 15) is 0 Å². The Kier molecular flexibility index (Phi) is 1.91. The Labute approximate surface area is 72.1 Å². The second kappa shape index (κ2) is 2.90. The zero-order chi connectivity index (χ0) is 7.68. The molecular weight excluding hydrogens is 152 g/mol. The van der Waals surface area contributed by atoms with Crippen LogP contribution in [0.1, 0.15) is 13.3 Å². The lowest BCUT2D eigenvalue weighted by Gasteiger charge is -2.22. The lowest BCUT2D eigenvalue weighted by atomic mass is 9.96. The molecule has 0 spiro atoms. The fourth-order valence-corrected chi connectivity index (χ4v) is 2.58. The van der Waals surface area contributed by atoms with Gasteiger partial charge in [0.15, 0.2) is 0 Å². The van der Waals surface area contributed by atoms with Gasteiger partial charge in [-0.1, -0.05) is 29.9 Å². The van der Waals surface area contributed by atoms with Crippen LogP contribution in [-0.4, -0.2) is 5.25 Å². The lowest BCUT2D eigenvalue weighted by Crippen LogP contribution is -2.10. The third kappa shape index (κ3) is 1.43. The van der Waals surface area contributed by atoms with Crippen molar-refractivity contribution in [1.29, 1.82) is 0 Å². The minimum atomic E-state index is 0.705. The van der Waals surface area contributed by atoms with Gasteiger partial charge in [-0.15, -0.1) is 11.8 Å². The van der Waals surface area contributed by atoms with Crippen molar-refractivity contribution in [1.82, 2.24) is 0 Å². The van der Waals surface area contributed by atoms with E-state index < -0.39 is 0 Å². The quantitative estimate of drug-likeness (QED) is 0.530. The fourth-order valence-electron chi connectivity index (χ4n) is 1.51. The molecule has 1 heterocycles. The van der Waals surface area contributed by atoms with Gasteiger partial charge in [0.2, 0.25) is 0 Å². The molecule has 1 aliphatic carbocycles. The van der Waals surface area contributed by atoms with E-state index in [0.29, 0.717) is 5.92 Å². The van der Waals surface area contributed by atoms with E-state index >= 15 is 0 Å². The molecule has 2 unspecified atom stereocenters. The first-order valence-electron chi connectivity index (χ1n) is 4.03. The third-order valence-corrected chi connectivity index (χ3v) is 3.49. The van der Waals surface area contributed by atoms with E-state index in [2.05, 4.69) is 36.6 Å². The maximum Gasteiger partial charge on any atom is 0.0280 e. The van der Waals surface area contributed by atoms with Crippen molar-refractivity contribution in [2.75, 3.05) is 0 Å². The maximum absolute atomic E-state index is 2.31. The molecule has 0 N–H and O–H groups in total. The van der Waals surface area contributed by atoms with Gasteiger partial charge in [0, 0.05) is 5.25 Å². The predicted octanol–water partition coefficient (Wildman–Crippen LogP) is 3.14. The number of hydrogen-bond acceptors (Lipinski definition) is 1. The van der Waals surface area contributed by atoms with E-state index in [1.807, 2.05) is 11.8 Å². The summed E-state index contributed by atoms with van der Waals surface area (Å²) < 4.78 is 0. The van der Waals surface area contributed by atoms with Gasteiger partial charge in [0.25, 0.3) is 0 Å². The van der Waals surface area contributed by atoms with Crippen LogP contribution in [-0.2, 0) is 0 Å². The van der Waals surface area contributed by atoms with Crippen LogP contribution in [0, 0.1) is 5.92 Å². The molecule has 0 fully saturated rings. The molecule has 2 rings (SSSR count). The van der Waals surface area contributed by atoms with Crippen LogP contribution in [0.3, 0.4) is 0 Å². The van der Waals surface area contributed by atoms with Gasteiger partial charge in [0.05, 0.1) is 0 Å². The molecule has 0 saturated carbocycles. The Morgan fingerprint density at radius 2 is 2.18 bits per heavy atom. The molecule has 2 atom stereocenters. The molecule has 0 aromatic carbocycles. The Hall–Kier alpha value is -0.430. The molecule has 11 heavy (non-hydrogen) atoms. The van der Waals surface area contributed by atoms with Crippen LogP contribution in [0.2, 0.25) is 0 Å². The molecule has 1 heteroatoms. The summed E-state index contributed by atoms with van der Waals surface area (Å²) in [5, 5.41) is 3.03. The van der Waals surface area contributed by atoms with Crippen molar-refractivity contribution in [3.8, 4) is 0 Å². The lowest BCUT2D eigenvalue weighted by molar-refractivity contribution is 0.692. The number of fused-ring (bicyclic) bond motifs is 2. The molecule has 0 radical (unpaired) electrons. The molecule has 0 aromatic rings. The summed E-state index contributed by atoms with van der Waals surface area (Å²) in [5.41, 5.74) is 1.52. The van der Waals surface area contributed by atoms with Crippen molar-refractivity contribution in [3.63, 3.8) is 0 Å². The zero-order valence-electron chi connectivity index (χ0n) is 6.66. The van der Waals surface area contributed by atoms with Gasteiger partial charge in [-0.2, -0.15) is 0 Å². The smallest absolute Gasteiger partial charge is 0.0280 e. The Morgan fingerprint density at radius 3 is 3.09 bits per heavy atom. The van der Waals surface area contributed by atoms with E-state index in [4.69, 9.17) is 0 Å². The average molecular weight is 164 g/mol. The first-order chi connectivity index (χ1) is 5.36. The molecule has 1 aliphatic heterocycles. The maximum atomic E-state index is 2.31. The van der Waals surface area contributed by atoms with Crippen molar-refractivity contribution in [3.05, 3.63) is 35.3 Å². The summed E-state index contributed by atoms with van der Waals surface area (Å²) in [5.74, 6) is 0.705. The standard InChI is InChI=1S/C10H12S/c1-8-7-11-10-5-3-2-4-9(8)6-10/h2-5,7,9-10H,6H2,1H3. The monoisotopic (exact) mass is 164 g/mol. The van der Waals surface area contributed by atoms with Crippen molar-refractivity contribution in [2.24, 2.45) is 5.92 Å². The molecule has 2 bridgehead atoms. The van der Waals surface area contributed by atoms with E-state index in [1.165, 1.54) is 12.0 Å². The first-order valence-corrected chi connectivity index (χ1v) is 4.97. The second-order valence-electron chi connectivity index (χ2n) is 3.15. The second-order valence-corrected chi connectivity index (χ2v) is 4.26. The van der Waals surface area contributed by atoms with Gasteiger partial charge in [-0.05, 0) is 24.7 Å². The number of thioether (sulfide) groups is 1. The molecule has 0 saturated heterocycles. The average Bonchev–Trinajstić information content (AvgIpc) is 2.21. The Bertz CT molecular complexity index is 235. The van der Waals surface area contributed by atoms with Crippen LogP contribution in [0.5, 0.6) is 0 Å². The van der Waals surface area contributed by atoms with Gasteiger partial charge < -0.3 is 0 Å². The minimum Gasteiger partial charge on any atom is -0.127 e. The molecule has 0 amide bonds. The molecule has 2 aliphatic rings. The van der Waals surface area contributed by atoms with Crippen molar-refractivity contribution in [2.45, 2.75) is 18.6 Å². The normalized spacial score (nSPS) is 34.8. The van der Waals surface area contributed by atoms with E-state index in [-0.39, 0.29) is 0 Å². The third-order valence-electron chi connectivity index (χ3n) is 2.28. The summed E-state index contributed by atoms with van der Waals surface area (Å²) in [6.45, 7) is 2.23. The van der Waals surface area contributed by atoms with E-state index in [1.54, 1.807) is 0 Å². The summed E-state index contributed by atoms with van der Waals surface area (Å²) in [6.07, 6.45) is 10.2. The topological polar surface area (TPSA) is 0 Å².